The lowest BCUT2D eigenvalue weighted by Crippen LogP contribution is -2.35. The van der Waals surface area contributed by atoms with E-state index in [0.29, 0.717) is 23.7 Å². The van der Waals surface area contributed by atoms with Gasteiger partial charge in [-0.25, -0.2) is 0 Å². The third kappa shape index (κ3) is 9.20. The molecule has 3 aromatic rings. The van der Waals surface area contributed by atoms with Crippen LogP contribution in [0.1, 0.15) is 176 Å². The SMILES string of the molecule is CCC(C)C1=CC([B]c2cc3cc4c(cc3s2)C(C)(C)CCC4(C)C)=C(N(C2=CC(NC3=CCC4C(=C3)Oc3ccccc34)CC=C2)C2=C(C3=CC=CCC3)CC(CC)C(C(C)(C)CC)=C2)CC1CC. The molecule has 70 heavy (non-hydrogen) atoms. The molecular formula is C65H80BN2OS. The summed E-state index contributed by atoms with van der Waals surface area (Å²) in [6, 6.07) is 16.3. The van der Waals surface area contributed by atoms with Gasteiger partial charge in [-0.2, -0.15) is 11.3 Å². The van der Waals surface area contributed by atoms with Crippen molar-refractivity contribution in [3.05, 3.63) is 176 Å². The number of nitrogens with zero attached hydrogens (tertiary/aromatic N) is 1. The highest BCUT2D eigenvalue weighted by Crippen LogP contribution is 2.51. The van der Waals surface area contributed by atoms with E-state index in [-0.39, 0.29) is 22.3 Å². The molecule has 0 spiro atoms. The summed E-state index contributed by atoms with van der Waals surface area (Å²) in [4.78, 5) is 2.80. The molecule has 0 bridgehead atoms. The number of allylic oxidation sites excluding steroid dienone is 15. The van der Waals surface area contributed by atoms with Crippen molar-refractivity contribution < 1.29 is 4.74 Å². The van der Waals surface area contributed by atoms with Crippen LogP contribution in [0.5, 0.6) is 5.75 Å². The van der Waals surface area contributed by atoms with Gasteiger partial charge in [-0.1, -0.05) is 147 Å². The van der Waals surface area contributed by atoms with E-state index in [0.717, 1.165) is 81.4 Å². The molecule has 0 saturated carbocycles. The molecule has 0 saturated heterocycles. The number of hydrogen-bond donors (Lipinski definition) is 1. The minimum absolute atomic E-state index is 0.0799. The molecule has 2 heterocycles. The molecule has 2 aromatic carbocycles. The summed E-state index contributed by atoms with van der Waals surface area (Å²) < 4.78 is 9.23. The monoisotopic (exact) mass is 948 g/mol. The second-order valence-corrected chi connectivity index (χ2v) is 24.9. The van der Waals surface area contributed by atoms with Crippen LogP contribution in [0.2, 0.25) is 0 Å². The minimum atomic E-state index is 0.0799. The molecule has 10 rings (SSSR count). The number of hydrogen-bond acceptors (Lipinski definition) is 4. The van der Waals surface area contributed by atoms with Crippen LogP contribution in [0.15, 0.2) is 160 Å². The summed E-state index contributed by atoms with van der Waals surface area (Å²) in [7, 11) is 2.59. The van der Waals surface area contributed by atoms with Gasteiger partial charge < -0.3 is 15.0 Å². The Kier molecular flexibility index (Phi) is 13.5. The maximum atomic E-state index is 6.47. The molecule has 1 radical (unpaired) electrons. The van der Waals surface area contributed by atoms with E-state index in [9.17, 15) is 0 Å². The Morgan fingerprint density at radius 3 is 2.40 bits per heavy atom. The normalized spacial score (nSPS) is 25.1. The van der Waals surface area contributed by atoms with Gasteiger partial charge in [-0.3, -0.25) is 0 Å². The number of rotatable bonds is 14. The zero-order chi connectivity index (χ0) is 49.1. The molecule has 7 aliphatic rings. The number of ether oxygens (including phenoxy) is 1. The van der Waals surface area contributed by atoms with Crippen molar-refractivity contribution in [3.8, 4) is 5.75 Å². The Balaban J connectivity index is 1.15. The molecule has 5 atom stereocenters. The van der Waals surface area contributed by atoms with Crippen LogP contribution in [0.25, 0.3) is 10.1 Å². The fourth-order valence-electron chi connectivity index (χ4n) is 12.9. The van der Waals surface area contributed by atoms with Crippen LogP contribution in [-0.2, 0) is 10.8 Å². The van der Waals surface area contributed by atoms with E-state index in [2.05, 4.69) is 197 Å². The predicted octanol–water partition coefficient (Wildman–Crippen LogP) is 17.0. The minimum Gasteiger partial charge on any atom is -0.461 e. The Bertz CT molecular complexity index is 2820. The maximum absolute atomic E-state index is 6.47. The molecule has 3 nitrogen and oxygen atoms in total. The highest BCUT2D eigenvalue weighted by Gasteiger charge is 2.40. The van der Waals surface area contributed by atoms with Gasteiger partial charge in [0.05, 0.1) is 6.04 Å². The van der Waals surface area contributed by atoms with Gasteiger partial charge in [-0.15, -0.1) is 0 Å². The van der Waals surface area contributed by atoms with Crippen LogP contribution in [-0.4, -0.2) is 18.2 Å². The van der Waals surface area contributed by atoms with E-state index in [1.807, 2.05) is 11.3 Å². The number of nitrogens with one attached hydrogen (secondary N) is 1. The van der Waals surface area contributed by atoms with E-state index in [1.54, 1.807) is 22.3 Å². The highest BCUT2D eigenvalue weighted by atomic mass is 32.1. The highest BCUT2D eigenvalue weighted by molar-refractivity contribution is 7.27. The molecule has 6 aliphatic carbocycles. The second-order valence-electron chi connectivity index (χ2n) is 23.8. The molecule has 365 valence electrons. The molecule has 5 heteroatoms. The molecule has 5 unspecified atom stereocenters. The maximum Gasteiger partial charge on any atom is 0.207 e. The first-order valence-corrected chi connectivity index (χ1v) is 28.3. The van der Waals surface area contributed by atoms with Crippen LogP contribution in [0.4, 0.5) is 0 Å². The quantitative estimate of drug-likeness (QED) is 0.163. The number of fused-ring (bicyclic) bond motifs is 5. The van der Waals surface area contributed by atoms with Crippen molar-refractivity contribution in [1.82, 2.24) is 10.2 Å². The molecule has 1 aliphatic heterocycles. The van der Waals surface area contributed by atoms with E-state index in [1.165, 1.54) is 67.0 Å². The molecule has 1 aromatic heterocycles. The predicted molar refractivity (Wildman–Crippen MR) is 301 cm³/mol. The average molecular weight is 948 g/mol. The van der Waals surface area contributed by atoms with Crippen LogP contribution < -0.4 is 14.8 Å². The summed E-state index contributed by atoms with van der Waals surface area (Å²) in [5.74, 6) is 3.86. The van der Waals surface area contributed by atoms with Gasteiger partial charge in [0.1, 0.15) is 11.5 Å². The van der Waals surface area contributed by atoms with Gasteiger partial charge in [0.25, 0.3) is 0 Å². The Hall–Kier alpha value is -4.74. The van der Waals surface area contributed by atoms with Crippen molar-refractivity contribution in [3.63, 3.8) is 0 Å². The summed E-state index contributed by atoms with van der Waals surface area (Å²) in [5, 5.41) is 5.42. The number of para-hydroxylation sites is 1. The zero-order valence-electron chi connectivity index (χ0n) is 44.5. The first-order chi connectivity index (χ1) is 33.6. The van der Waals surface area contributed by atoms with Crippen LogP contribution in [0.3, 0.4) is 0 Å². The van der Waals surface area contributed by atoms with E-state index < -0.39 is 0 Å². The fraction of sp³-hybridized carbons (Fsp3) is 0.477. The molecule has 0 fully saturated rings. The van der Waals surface area contributed by atoms with Crippen molar-refractivity contribution in [2.24, 2.45) is 23.2 Å². The van der Waals surface area contributed by atoms with Gasteiger partial charge in [0, 0.05) is 39.0 Å². The van der Waals surface area contributed by atoms with Crippen molar-refractivity contribution in [1.29, 1.82) is 0 Å². The lowest BCUT2D eigenvalue weighted by atomic mass is 9.61. The van der Waals surface area contributed by atoms with Crippen molar-refractivity contribution >= 4 is 33.5 Å². The molecule has 0 amide bonds. The molecule has 1 N–H and O–H groups in total. The second kappa shape index (κ2) is 19.4. The first-order valence-electron chi connectivity index (χ1n) is 27.4. The largest absolute Gasteiger partial charge is 0.461 e. The van der Waals surface area contributed by atoms with Crippen LogP contribution >= 0.6 is 11.3 Å². The summed E-state index contributed by atoms with van der Waals surface area (Å²) in [5.41, 5.74) is 17.7. The van der Waals surface area contributed by atoms with Crippen molar-refractivity contribution in [2.75, 3.05) is 0 Å². The average Bonchev–Trinajstić information content (AvgIpc) is 3.95. The lowest BCUT2D eigenvalue weighted by molar-refractivity contribution is 0.332. The summed E-state index contributed by atoms with van der Waals surface area (Å²) in [6.45, 7) is 26.9. The summed E-state index contributed by atoms with van der Waals surface area (Å²) in [6.07, 6.45) is 37.7. The zero-order valence-corrected chi connectivity index (χ0v) is 45.3. The Labute approximate surface area is 427 Å². The fourth-order valence-corrected chi connectivity index (χ4v) is 13.9. The third-order valence-corrected chi connectivity index (χ3v) is 19.1. The lowest BCUT2D eigenvalue weighted by Gasteiger charge is -2.44. The Morgan fingerprint density at radius 1 is 0.900 bits per heavy atom. The van der Waals surface area contributed by atoms with Gasteiger partial charge in [-0.05, 0) is 192 Å². The van der Waals surface area contributed by atoms with E-state index in [4.69, 9.17) is 4.74 Å². The van der Waals surface area contributed by atoms with E-state index >= 15 is 0 Å². The smallest absolute Gasteiger partial charge is 0.207 e. The van der Waals surface area contributed by atoms with Gasteiger partial charge in [0.15, 0.2) is 0 Å². The van der Waals surface area contributed by atoms with Gasteiger partial charge in [0.2, 0.25) is 7.28 Å². The third-order valence-electron chi connectivity index (χ3n) is 18.0. The summed E-state index contributed by atoms with van der Waals surface area (Å²) >= 11 is 1.99. The topological polar surface area (TPSA) is 24.5 Å². The standard InChI is InChI=1S/C65H80BN2OS/c1-12-41(5)51-38-56(66-62-35-45-33-54-55(40-61(45)70-62)65(10,11)31-30-64(54,8)9)58(34-42(51)13-2)68(57-39-53(63(6,7)15-4)43(14-3)32-52(57)44-22-17-16-18-23-44)48-25-21-24-46(36-48)67-47-28-29-50-49-26-19-20-27-59(49)69-60(50)37-47/h16-17,19-22,25-28,33,35-43,46,50,67H,12-15,18,23-24,29-32,34H2,1-11H3. The molecular weight excluding hydrogens is 868 g/mol. The number of benzene rings is 2. The first kappa shape index (κ1) is 48.9. The Morgan fingerprint density at radius 2 is 1.67 bits per heavy atom. The van der Waals surface area contributed by atoms with Gasteiger partial charge >= 0.3 is 0 Å². The van der Waals surface area contributed by atoms with Crippen LogP contribution in [0, 0.1) is 23.2 Å². The van der Waals surface area contributed by atoms with Crippen molar-refractivity contribution in [2.45, 2.75) is 176 Å². The number of thiophene rings is 1.